The lowest BCUT2D eigenvalue weighted by atomic mass is 10.1. The minimum atomic E-state index is -0.663. The van der Waals surface area contributed by atoms with Crippen LogP contribution in [-0.2, 0) is 20.7 Å². The summed E-state index contributed by atoms with van der Waals surface area (Å²) in [7, 11) is 0. The molecule has 0 unspecified atom stereocenters. The van der Waals surface area contributed by atoms with Crippen molar-refractivity contribution in [2.45, 2.75) is 33.3 Å². The van der Waals surface area contributed by atoms with Gasteiger partial charge < -0.3 is 19.3 Å². The zero-order chi connectivity index (χ0) is 15.0. The number of carbonyl (C=O) groups is 1. The van der Waals surface area contributed by atoms with Crippen molar-refractivity contribution in [2.24, 2.45) is 0 Å². The monoisotopic (exact) mass is 282 g/mol. The van der Waals surface area contributed by atoms with Crippen molar-refractivity contribution in [3.63, 3.8) is 0 Å². The van der Waals surface area contributed by atoms with Gasteiger partial charge in [-0.1, -0.05) is 6.07 Å². The van der Waals surface area contributed by atoms with E-state index in [2.05, 4.69) is 0 Å². The van der Waals surface area contributed by atoms with E-state index in [-0.39, 0.29) is 11.7 Å². The third-order valence-electron chi connectivity index (χ3n) is 2.67. The highest BCUT2D eigenvalue weighted by Gasteiger charge is 2.22. The number of ether oxygens (including phenoxy) is 3. The summed E-state index contributed by atoms with van der Waals surface area (Å²) in [4.78, 5) is 11.8. The fraction of sp³-hybridized carbons (Fsp3) is 0.533. The van der Waals surface area contributed by atoms with Gasteiger partial charge in [0.15, 0.2) is 6.10 Å². The molecular formula is C15H22O5. The second-order valence-corrected chi connectivity index (χ2v) is 4.13. The summed E-state index contributed by atoms with van der Waals surface area (Å²) < 4.78 is 15.9. The standard InChI is InChI=1S/C15H22O5/c1-4-18-13-10-12(16)8-7-11(13)9-14(19-5-2)15(17)20-6-3/h7-8,10,14,16H,4-6,9H2,1-3H3/t14-/m0/s1. The minimum absolute atomic E-state index is 0.126. The largest absolute Gasteiger partial charge is 0.508 e. The number of rotatable bonds is 8. The third-order valence-corrected chi connectivity index (χ3v) is 2.67. The van der Waals surface area contributed by atoms with Crippen LogP contribution in [0.5, 0.6) is 11.5 Å². The molecule has 0 spiro atoms. The van der Waals surface area contributed by atoms with Crippen LogP contribution >= 0.6 is 0 Å². The molecular weight excluding hydrogens is 260 g/mol. The summed E-state index contributed by atoms with van der Waals surface area (Å²) in [5, 5.41) is 9.49. The van der Waals surface area contributed by atoms with Crippen molar-refractivity contribution in [2.75, 3.05) is 19.8 Å². The molecule has 20 heavy (non-hydrogen) atoms. The van der Waals surface area contributed by atoms with E-state index in [9.17, 15) is 9.90 Å². The van der Waals surface area contributed by atoms with E-state index >= 15 is 0 Å². The van der Waals surface area contributed by atoms with Crippen molar-refractivity contribution < 1.29 is 24.1 Å². The number of hydrogen-bond acceptors (Lipinski definition) is 5. The summed E-state index contributed by atoms with van der Waals surface area (Å²) >= 11 is 0. The fourth-order valence-electron chi connectivity index (χ4n) is 1.85. The Balaban J connectivity index is 2.89. The number of aromatic hydroxyl groups is 1. The van der Waals surface area contributed by atoms with Gasteiger partial charge >= 0.3 is 5.97 Å². The molecule has 0 aliphatic rings. The van der Waals surface area contributed by atoms with Gasteiger partial charge in [0.25, 0.3) is 0 Å². The number of hydrogen-bond donors (Lipinski definition) is 1. The summed E-state index contributed by atoms with van der Waals surface area (Å²) in [5.41, 5.74) is 0.802. The first-order valence-corrected chi connectivity index (χ1v) is 6.85. The van der Waals surface area contributed by atoms with Crippen LogP contribution in [0.2, 0.25) is 0 Å². The lowest BCUT2D eigenvalue weighted by molar-refractivity contribution is -0.156. The summed E-state index contributed by atoms with van der Waals surface area (Å²) in [6.45, 7) is 6.66. The molecule has 112 valence electrons. The topological polar surface area (TPSA) is 65.0 Å². The third kappa shape index (κ3) is 4.74. The van der Waals surface area contributed by atoms with E-state index in [0.717, 1.165) is 5.56 Å². The van der Waals surface area contributed by atoms with Crippen molar-refractivity contribution in [3.8, 4) is 11.5 Å². The highest BCUT2D eigenvalue weighted by Crippen LogP contribution is 2.26. The first-order chi connectivity index (χ1) is 9.62. The van der Waals surface area contributed by atoms with Gasteiger partial charge in [0, 0.05) is 19.1 Å². The number of esters is 1. The Morgan fingerprint density at radius 1 is 1.20 bits per heavy atom. The maximum Gasteiger partial charge on any atom is 0.335 e. The van der Waals surface area contributed by atoms with Gasteiger partial charge in [0.05, 0.1) is 13.2 Å². The molecule has 0 fully saturated rings. The molecule has 0 saturated heterocycles. The Kier molecular flexibility index (Phi) is 6.87. The SMILES string of the molecule is CCOC(=O)[C@H](Cc1ccc(O)cc1OCC)OCC. The average molecular weight is 282 g/mol. The molecule has 1 atom stereocenters. The lowest BCUT2D eigenvalue weighted by Gasteiger charge is -2.17. The second kappa shape index (κ2) is 8.43. The summed E-state index contributed by atoms with van der Waals surface area (Å²) in [5.74, 6) is 0.299. The predicted molar refractivity (Wildman–Crippen MR) is 75.0 cm³/mol. The Morgan fingerprint density at radius 2 is 1.95 bits per heavy atom. The molecule has 0 aliphatic carbocycles. The van der Waals surface area contributed by atoms with Crippen molar-refractivity contribution in [1.82, 2.24) is 0 Å². The van der Waals surface area contributed by atoms with Crippen molar-refractivity contribution >= 4 is 5.97 Å². The van der Waals surface area contributed by atoms with E-state index in [0.29, 0.717) is 32.0 Å². The Hall–Kier alpha value is -1.75. The van der Waals surface area contributed by atoms with Gasteiger partial charge in [-0.05, 0) is 32.4 Å². The fourth-order valence-corrected chi connectivity index (χ4v) is 1.85. The molecule has 0 heterocycles. The van der Waals surface area contributed by atoms with Crippen LogP contribution in [-0.4, -0.2) is 37.0 Å². The molecule has 1 aromatic carbocycles. The van der Waals surface area contributed by atoms with Crippen molar-refractivity contribution in [3.05, 3.63) is 23.8 Å². The summed E-state index contributed by atoms with van der Waals surface area (Å²) in [6, 6.07) is 4.82. The molecule has 1 aromatic rings. The number of phenols is 1. The molecule has 0 bridgehead atoms. The van der Waals surface area contributed by atoms with Gasteiger partial charge in [0.1, 0.15) is 11.5 Å². The van der Waals surface area contributed by atoms with E-state index in [4.69, 9.17) is 14.2 Å². The zero-order valence-electron chi connectivity index (χ0n) is 12.2. The highest BCUT2D eigenvalue weighted by atomic mass is 16.6. The van der Waals surface area contributed by atoms with Gasteiger partial charge in [-0.3, -0.25) is 0 Å². The molecule has 1 rings (SSSR count). The second-order valence-electron chi connectivity index (χ2n) is 4.13. The van der Waals surface area contributed by atoms with Crippen molar-refractivity contribution in [1.29, 1.82) is 0 Å². The van der Waals surface area contributed by atoms with E-state index in [1.807, 2.05) is 13.8 Å². The molecule has 0 saturated carbocycles. The molecule has 0 aromatic heterocycles. The minimum Gasteiger partial charge on any atom is -0.508 e. The maximum absolute atomic E-state index is 11.8. The van der Waals surface area contributed by atoms with Crippen LogP contribution in [0, 0.1) is 0 Å². The molecule has 5 heteroatoms. The smallest absolute Gasteiger partial charge is 0.335 e. The van der Waals surface area contributed by atoms with Gasteiger partial charge in [0.2, 0.25) is 0 Å². The quantitative estimate of drug-likeness (QED) is 0.741. The molecule has 5 nitrogen and oxygen atoms in total. The Labute approximate surface area is 119 Å². The molecule has 0 amide bonds. The first kappa shape index (κ1) is 16.3. The van der Waals surface area contributed by atoms with Crippen LogP contribution in [0.1, 0.15) is 26.3 Å². The van der Waals surface area contributed by atoms with Gasteiger partial charge in [-0.2, -0.15) is 0 Å². The number of benzene rings is 1. The molecule has 0 aliphatic heterocycles. The maximum atomic E-state index is 11.8. The van der Waals surface area contributed by atoms with Crippen LogP contribution in [0.4, 0.5) is 0 Å². The lowest BCUT2D eigenvalue weighted by Crippen LogP contribution is -2.29. The van der Waals surface area contributed by atoms with Crippen LogP contribution < -0.4 is 4.74 Å². The number of carbonyl (C=O) groups excluding carboxylic acids is 1. The summed E-state index contributed by atoms with van der Waals surface area (Å²) in [6.07, 6.45) is -0.314. The average Bonchev–Trinajstić information content (AvgIpc) is 2.41. The number of phenolic OH excluding ortho intramolecular Hbond substituents is 1. The van der Waals surface area contributed by atoms with Gasteiger partial charge in [-0.25, -0.2) is 4.79 Å². The van der Waals surface area contributed by atoms with Crippen LogP contribution in [0.25, 0.3) is 0 Å². The molecule has 1 N–H and O–H groups in total. The highest BCUT2D eigenvalue weighted by molar-refractivity contribution is 5.75. The van der Waals surface area contributed by atoms with E-state index < -0.39 is 6.10 Å². The molecule has 0 radical (unpaired) electrons. The van der Waals surface area contributed by atoms with Crippen LogP contribution in [0.3, 0.4) is 0 Å². The normalized spacial score (nSPS) is 11.9. The predicted octanol–water partition coefficient (Wildman–Crippen LogP) is 2.30. The van der Waals surface area contributed by atoms with E-state index in [1.165, 1.54) is 6.07 Å². The Morgan fingerprint density at radius 3 is 2.55 bits per heavy atom. The van der Waals surface area contributed by atoms with E-state index in [1.54, 1.807) is 19.1 Å². The Bertz CT molecular complexity index is 430. The van der Waals surface area contributed by atoms with Gasteiger partial charge in [-0.15, -0.1) is 0 Å². The first-order valence-electron chi connectivity index (χ1n) is 6.85. The zero-order valence-corrected chi connectivity index (χ0v) is 12.2. The van der Waals surface area contributed by atoms with Crippen LogP contribution in [0.15, 0.2) is 18.2 Å².